The Kier molecular flexibility index (Phi) is 4.44. The Morgan fingerprint density at radius 2 is 1.75 bits per heavy atom. The molecule has 0 atom stereocenters. The van der Waals surface area contributed by atoms with Crippen molar-refractivity contribution in [2.75, 3.05) is 17.2 Å². The van der Waals surface area contributed by atoms with Gasteiger partial charge in [0.15, 0.2) is 11.6 Å². The number of fused-ring (bicyclic) bond motifs is 1. The van der Waals surface area contributed by atoms with E-state index in [0.29, 0.717) is 39.6 Å². The van der Waals surface area contributed by atoms with E-state index >= 15 is 0 Å². The topological polar surface area (TPSA) is 115 Å². The molecule has 0 aliphatic carbocycles. The summed E-state index contributed by atoms with van der Waals surface area (Å²) in [6, 6.07) is 5.15. The molecule has 3 aromatic rings. The molecule has 0 radical (unpaired) electrons. The van der Waals surface area contributed by atoms with Crippen molar-refractivity contribution < 1.29 is 4.63 Å². The summed E-state index contributed by atoms with van der Waals surface area (Å²) in [6.07, 6.45) is 0. The SMILES string of the molecule is CC(C)(CN)Nc1nc2nonc2nc1Nc1ccc(Cl)c(Cl)c1. The van der Waals surface area contributed by atoms with Crippen LogP contribution in [-0.2, 0) is 0 Å². The lowest BCUT2D eigenvalue weighted by atomic mass is 10.1. The molecule has 0 unspecified atom stereocenters. The molecular formula is C14H15Cl2N7O. The van der Waals surface area contributed by atoms with Crippen LogP contribution in [0.5, 0.6) is 0 Å². The maximum Gasteiger partial charge on any atom is 0.245 e. The average Bonchev–Trinajstić information content (AvgIpc) is 2.98. The second-order valence-corrected chi connectivity index (χ2v) is 6.61. The third kappa shape index (κ3) is 3.50. The molecule has 2 heterocycles. The zero-order valence-electron chi connectivity index (χ0n) is 13.0. The number of nitrogens with two attached hydrogens (primary N) is 1. The maximum absolute atomic E-state index is 6.05. The van der Waals surface area contributed by atoms with Gasteiger partial charge in [0.05, 0.1) is 10.0 Å². The van der Waals surface area contributed by atoms with E-state index in [1.165, 1.54) is 0 Å². The minimum atomic E-state index is -0.395. The molecule has 0 aliphatic rings. The Bertz CT molecular complexity index is 881. The highest BCUT2D eigenvalue weighted by atomic mass is 35.5. The van der Waals surface area contributed by atoms with E-state index in [9.17, 15) is 0 Å². The van der Waals surface area contributed by atoms with Crippen molar-refractivity contribution in [1.82, 2.24) is 20.3 Å². The first-order valence-electron chi connectivity index (χ1n) is 7.08. The second kappa shape index (κ2) is 6.39. The Labute approximate surface area is 147 Å². The second-order valence-electron chi connectivity index (χ2n) is 5.80. The molecule has 24 heavy (non-hydrogen) atoms. The van der Waals surface area contributed by atoms with Crippen LogP contribution in [0.25, 0.3) is 11.3 Å². The van der Waals surface area contributed by atoms with Crippen molar-refractivity contribution in [3.05, 3.63) is 28.2 Å². The van der Waals surface area contributed by atoms with Crippen LogP contribution in [0.2, 0.25) is 10.0 Å². The lowest BCUT2D eigenvalue weighted by Crippen LogP contribution is -2.39. The van der Waals surface area contributed by atoms with Gasteiger partial charge in [-0.1, -0.05) is 23.2 Å². The molecule has 3 rings (SSSR count). The molecule has 0 saturated heterocycles. The number of anilines is 3. The summed E-state index contributed by atoms with van der Waals surface area (Å²) in [5.41, 5.74) is 6.66. The quantitative estimate of drug-likeness (QED) is 0.629. The Morgan fingerprint density at radius 1 is 1.08 bits per heavy atom. The zero-order valence-corrected chi connectivity index (χ0v) is 14.5. The number of halogens is 2. The van der Waals surface area contributed by atoms with E-state index in [4.69, 9.17) is 28.9 Å². The van der Waals surface area contributed by atoms with Gasteiger partial charge in [-0.3, -0.25) is 0 Å². The third-order valence-electron chi connectivity index (χ3n) is 3.26. The molecule has 0 saturated carbocycles. The zero-order chi connectivity index (χ0) is 17.3. The van der Waals surface area contributed by atoms with Gasteiger partial charge in [-0.05, 0) is 42.4 Å². The van der Waals surface area contributed by atoms with Crippen LogP contribution < -0.4 is 16.4 Å². The number of aromatic nitrogens is 4. The smallest absolute Gasteiger partial charge is 0.245 e. The first kappa shape index (κ1) is 16.7. The molecule has 10 heteroatoms. The highest BCUT2D eigenvalue weighted by molar-refractivity contribution is 6.42. The fourth-order valence-corrected chi connectivity index (χ4v) is 2.19. The van der Waals surface area contributed by atoms with Gasteiger partial charge in [0, 0.05) is 17.8 Å². The first-order chi connectivity index (χ1) is 11.4. The van der Waals surface area contributed by atoms with E-state index < -0.39 is 5.54 Å². The summed E-state index contributed by atoms with van der Waals surface area (Å²) in [5, 5.41) is 14.7. The minimum absolute atomic E-state index is 0.286. The average molecular weight is 368 g/mol. The summed E-state index contributed by atoms with van der Waals surface area (Å²) in [7, 11) is 0. The van der Waals surface area contributed by atoms with Crippen molar-refractivity contribution in [2.24, 2.45) is 5.73 Å². The van der Waals surface area contributed by atoms with E-state index in [2.05, 4.69) is 35.5 Å². The van der Waals surface area contributed by atoms with Gasteiger partial charge in [-0.15, -0.1) is 0 Å². The molecule has 126 valence electrons. The molecular weight excluding hydrogens is 353 g/mol. The van der Waals surface area contributed by atoms with Crippen LogP contribution in [0, 0.1) is 0 Å². The van der Waals surface area contributed by atoms with Crippen LogP contribution in [0.4, 0.5) is 17.3 Å². The van der Waals surface area contributed by atoms with Gasteiger partial charge in [0.25, 0.3) is 0 Å². The molecule has 1 aromatic carbocycles. The number of nitrogens with zero attached hydrogens (tertiary/aromatic N) is 4. The molecule has 0 aliphatic heterocycles. The predicted molar refractivity (Wildman–Crippen MR) is 93.9 cm³/mol. The number of benzene rings is 1. The van der Waals surface area contributed by atoms with Gasteiger partial charge in [-0.2, -0.15) is 0 Å². The summed E-state index contributed by atoms with van der Waals surface area (Å²) in [6.45, 7) is 4.29. The van der Waals surface area contributed by atoms with E-state index in [-0.39, 0.29) is 5.65 Å². The number of hydrogen-bond acceptors (Lipinski definition) is 8. The van der Waals surface area contributed by atoms with Crippen LogP contribution in [0.1, 0.15) is 13.8 Å². The fourth-order valence-electron chi connectivity index (χ4n) is 1.89. The van der Waals surface area contributed by atoms with Crippen molar-refractivity contribution in [3.8, 4) is 0 Å². The van der Waals surface area contributed by atoms with Gasteiger partial charge in [-0.25, -0.2) is 14.6 Å². The van der Waals surface area contributed by atoms with Crippen LogP contribution >= 0.6 is 23.2 Å². The molecule has 0 amide bonds. The summed E-state index contributed by atoms with van der Waals surface area (Å²) in [4.78, 5) is 8.77. The van der Waals surface area contributed by atoms with E-state index in [0.717, 1.165) is 0 Å². The van der Waals surface area contributed by atoms with Crippen LogP contribution in [0.3, 0.4) is 0 Å². The van der Waals surface area contributed by atoms with Gasteiger partial charge in [0.2, 0.25) is 11.3 Å². The Morgan fingerprint density at radius 3 is 2.38 bits per heavy atom. The molecule has 0 bridgehead atoms. The molecule has 8 nitrogen and oxygen atoms in total. The fraction of sp³-hybridized carbons (Fsp3) is 0.286. The first-order valence-corrected chi connectivity index (χ1v) is 7.84. The van der Waals surface area contributed by atoms with Crippen molar-refractivity contribution in [1.29, 1.82) is 0 Å². The molecule has 0 spiro atoms. The van der Waals surface area contributed by atoms with Gasteiger partial charge < -0.3 is 16.4 Å². The van der Waals surface area contributed by atoms with Crippen LogP contribution in [-0.4, -0.2) is 32.4 Å². The van der Waals surface area contributed by atoms with Crippen molar-refractivity contribution in [2.45, 2.75) is 19.4 Å². The molecule has 4 N–H and O–H groups in total. The summed E-state index contributed by atoms with van der Waals surface area (Å²) < 4.78 is 4.67. The third-order valence-corrected chi connectivity index (χ3v) is 4.00. The highest BCUT2D eigenvalue weighted by Crippen LogP contribution is 2.29. The Hall–Kier alpha value is -2.16. The largest absolute Gasteiger partial charge is 0.361 e. The number of hydrogen-bond donors (Lipinski definition) is 3. The van der Waals surface area contributed by atoms with Crippen molar-refractivity contribution >= 4 is 51.8 Å². The monoisotopic (exact) mass is 367 g/mol. The molecule has 0 fully saturated rings. The summed E-state index contributed by atoms with van der Waals surface area (Å²) in [5.74, 6) is 0.915. The van der Waals surface area contributed by atoms with Gasteiger partial charge >= 0.3 is 0 Å². The minimum Gasteiger partial charge on any atom is -0.361 e. The highest BCUT2D eigenvalue weighted by Gasteiger charge is 2.20. The normalized spacial score (nSPS) is 11.7. The standard InChI is InChI=1S/C14H15Cl2N7O/c1-14(2,6-17)21-11-10(19-12-13(20-11)23-24-22-12)18-7-3-4-8(15)9(16)5-7/h3-5H,6,17H2,1-2H3,(H,18,19,22)(H,20,21,23). The predicted octanol–water partition coefficient (Wildman–Crippen LogP) is 3.21. The van der Waals surface area contributed by atoms with E-state index in [1.807, 2.05) is 13.8 Å². The number of rotatable bonds is 5. The lowest BCUT2D eigenvalue weighted by molar-refractivity contribution is 0.314. The van der Waals surface area contributed by atoms with E-state index in [1.54, 1.807) is 18.2 Å². The number of nitrogens with one attached hydrogen (secondary N) is 2. The van der Waals surface area contributed by atoms with Gasteiger partial charge in [0.1, 0.15) is 0 Å². The van der Waals surface area contributed by atoms with Crippen molar-refractivity contribution in [3.63, 3.8) is 0 Å². The Balaban J connectivity index is 2.01. The van der Waals surface area contributed by atoms with Crippen LogP contribution in [0.15, 0.2) is 22.8 Å². The maximum atomic E-state index is 6.05. The summed E-state index contributed by atoms with van der Waals surface area (Å²) >= 11 is 12.0. The lowest BCUT2D eigenvalue weighted by Gasteiger charge is -2.25. The molecule has 2 aromatic heterocycles.